The summed E-state index contributed by atoms with van der Waals surface area (Å²) in [6.07, 6.45) is 2.01. The summed E-state index contributed by atoms with van der Waals surface area (Å²) in [6.45, 7) is 5.27. The maximum atomic E-state index is 12.3. The van der Waals surface area contributed by atoms with Gasteiger partial charge in [0.2, 0.25) is 5.91 Å². The fraction of sp³-hybridized carbons (Fsp3) is 0.400. The minimum atomic E-state index is 0.0280. The normalized spacial score (nSPS) is 10.9. The second-order valence-electron chi connectivity index (χ2n) is 5.04. The summed E-state index contributed by atoms with van der Waals surface area (Å²) in [5.41, 5.74) is 1.16. The summed E-state index contributed by atoms with van der Waals surface area (Å²) in [5.74, 6) is 0.231. The average Bonchev–Trinajstić information content (AvgIpc) is 3.00. The number of carbonyl (C=O) groups excluding carboxylic acids is 1. The van der Waals surface area contributed by atoms with E-state index in [-0.39, 0.29) is 11.8 Å². The number of thiophene rings is 1. The zero-order chi connectivity index (χ0) is 13.8. The highest BCUT2D eigenvalue weighted by molar-refractivity contribution is 7.09. The Morgan fingerprint density at radius 3 is 2.63 bits per heavy atom. The van der Waals surface area contributed by atoms with Crippen molar-refractivity contribution in [2.45, 2.75) is 26.9 Å². The highest BCUT2D eigenvalue weighted by atomic mass is 32.1. The Kier molecular flexibility index (Phi) is 4.43. The van der Waals surface area contributed by atoms with Crippen molar-refractivity contribution in [3.63, 3.8) is 0 Å². The quantitative estimate of drug-likeness (QED) is 0.823. The Morgan fingerprint density at radius 1 is 1.32 bits per heavy atom. The molecule has 0 saturated heterocycles. The van der Waals surface area contributed by atoms with Crippen molar-refractivity contribution in [2.24, 2.45) is 13.0 Å². The third-order valence-electron chi connectivity index (χ3n) is 3.14. The molecule has 102 valence electrons. The van der Waals surface area contributed by atoms with Crippen LogP contribution in [0.2, 0.25) is 0 Å². The summed E-state index contributed by atoms with van der Waals surface area (Å²) in [4.78, 5) is 15.5. The highest BCUT2D eigenvalue weighted by Gasteiger charge is 2.18. The number of nitrogens with zero attached hydrogens (tertiary/aromatic N) is 2. The first kappa shape index (κ1) is 13.9. The molecule has 0 atom stereocenters. The molecule has 2 heterocycles. The molecule has 0 aliphatic heterocycles. The number of rotatable bonds is 5. The molecular weight excluding hydrogens is 256 g/mol. The van der Waals surface area contributed by atoms with Crippen LogP contribution in [-0.2, 0) is 24.9 Å². The lowest BCUT2D eigenvalue weighted by Gasteiger charge is -2.24. The van der Waals surface area contributed by atoms with Crippen molar-refractivity contribution >= 4 is 17.2 Å². The van der Waals surface area contributed by atoms with Crippen LogP contribution >= 0.6 is 11.3 Å². The fourth-order valence-electron chi connectivity index (χ4n) is 2.02. The van der Waals surface area contributed by atoms with Gasteiger partial charge in [-0.1, -0.05) is 19.9 Å². The molecule has 0 bridgehead atoms. The van der Waals surface area contributed by atoms with Crippen LogP contribution in [0.3, 0.4) is 0 Å². The fourth-order valence-corrected chi connectivity index (χ4v) is 2.74. The summed E-state index contributed by atoms with van der Waals surface area (Å²) in [6, 6.07) is 8.18. The zero-order valence-corrected chi connectivity index (χ0v) is 12.5. The van der Waals surface area contributed by atoms with Gasteiger partial charge < -0.3 is 9.47 Å². The number of aryl methyl sites for hydroxylation is 1. The molecule has 0 aromatic carbocycles. The average molecular weight is 276 g/mol. The van der Waals surface area contributed by atoms with Crippen LogP contribution < -0.4 is 0 Å². The number of carbonyl (C=O) groups is 1. The van der Waals surface area contributed by atoms with Gasteiger partial charge in [-0.3, -0.25) is 4.79 Å². The van der Waals surface area contributed by atoms with Gasteiger partial charge in [0.05, 0.1) is 13.1 Å². The van der Waals surface area contributed by atoms with Gasteiger partial charge in [-0.05, 0) is 23.6 Å². The van der Waals surface area contributed by atoms with E-state index >= 15 is 0 Å². The van der Waals surface area contributed by atoms with Crippen LogP contribution in [0.25, 0.3) is 0 Å². The Balaban J connectivity index is 2.14. The first-order valence-corrected chi connectivity index (χ1v) is 7.37. The van der Waals surface area contributed by atoms with Gasteiger partial charge >= 0.3 is 0 Å². The molecule has 0 fully saturated rings. The van der Waals surface area contributed by atoms with E-state index in [4.69, 9.17) is 0 Å². The van der Waals surface area contributed by atoms with E-state index in [1.165, 1.54) is 4.88 Å². The van der Waals surface area contributed by atoms with Crippen molar-refractivity contribution in [2.75, 3.05) is 0 Å². The molecule has 0 aliphatic rings. The van der Waals surface area contributed by atoms with Crippen LogP contribution in [0.4, 0.5) is 0 Å². The van der Waals surface area contributed by atoms with Crippen molar-refractivity contribution in [1.29, 1.82) is 0 Å². The molecule has 0 unspecified atom stereocenters. The predicted molar refractivity (Wildman–Crippen MR) is 78.8 cm³/mol. The minimum absolute atomic E-state index is 0.0280. The maximum Gasteiger partial charge on any atom is 0.225 e. The SMILES string of the molecule is CC(C)C(=O)N(Cc1cccs1)Cc1cccn1C. The Bertz CT molecular complexity index is 528. The van der Waals surface area contributed by atoms with Crippen LogP contribution in [0.15, 0.2) is 35.8 Å². The molecule has 0 saturated carbocycles. The molecule has 0 radical (unpaired) electrons. The van der Waals surface area contributed by atoms with Crippen molar-refractivity contribution in [3.05, 3.63) is 46.4 Å². The number of aromatic nitrogens is 1. The lowest BCUT2D eigenvalue weighted by atomic mass is 10.2. The van der Waals surface area contributed by atoms with E-state index in [0.29, 0.717) is 13.1 Å². The Hall–Kier alpha value is -1.55. The van der Waals surface area contributed by atoms with Gasteiger partial charge in [-0.2, -0.15) is 0 Å². The molecule has 2 rings (SSSR count). The molecule has 0 aliphatic carbocycles. The van der Waals surface area contributed by atoms with Gasteiger partial charge in [-0.15, -0.1) is 11.3 Å². The first-order valence-electron chi connectivity index (χ1n) is 6.49. The van der Waals surface area contributed by atoms with Crippen molar-refractivity contribution < 1.29 is 4.79 Å². The largest absolute Gasteiger partial charge is 0.353 e. The molecule has 0 spiro atoms. The Morgan fingerprint density at radius 2 is 2.11 bits per heavy atom. The zero-order valence-electron chi connectivity index (χ0n) is 11.7. The molecule has 2 aromatic rings. The van der Waals surface area contributed by atoms with E-state index in [2.05, 4.69) is 22.1 Å². The molecule has 3 nitrogen and oxygen atoms in total. The smallest absolute Gasteiger partial charge is 0.225 e. The van der Waals surface area contributed by atoms with Crippen LogP contribution in [0, 0.1) is 5.92 Å². The topological polar surface area (TPSA) is 25.2 Å². The summed E-state index contributed by atoms with van der Waals surface area (Å²) < 4.78 is 2.06. The van der Waals surface area contributed by atoms with Gasteiger partial charge in [-0.25, -0.2) is 0 Å². The maximum absolute atomic E-state index is 12.3. The lowest BCUT2D eigenvalue weighted by molar-refractivity contribution is -0.135. The monoisotopic (exact) mass is 276 g/mol. The Labute approximate surface area is 118 Å². The number of hydrogen-bond acceptors (Lipinski definition) is 2. The van der Waals surface area contributed by atoms with Crippen molar-refractivity contribution in [1.82, 2.24) is 9.47 Å². The molecule has 1 amide bonds. The van der Waals surface area contributed by atoms with Gasteiger partial charge in [0.1, 0.15) is 0 Å². The minimum Gasteiger partial charge on any atom is -0.353 e. The van der Waals surface area contributed by atoms with E-state index in [0.717, 1.165) is 5.69 Å². The molecule has 0 N–H and O–H groups in total. The number of hydrogen-bond donors (Lipinski definition) is 0. The highest BCUT2D eigenvalue weighted by Crippen LogP contribution is 2.16. The third-order valence-corrected chi connectivity index (χ3v) is 4.00. The second-order valence-corrected chi connectivity index (χ2v) is 6.07. The number of amides is 1. The van der Waals surface area contributed by atoms with E-state index < -0.39 is 0 Å². The van der Waals surface area contributed by atoms with Gasteiger partial charge in [0, 0.05) is 29.7 Å². The van der Waals surface area contributed by atoms with Crippen LogP contribution in [-0.4, -0.2) is 15.4 Å². The molecule has 4 heteroatoms. The molecule has 2 aromatic heterocycles. The third kappa shape index (κ3) is 3.47. The summed E-state index contributed by atoms with van der Waals surface area (Å²) in [7, 11) is 2.01. The van der Waals surface area contributed by atoms with Crippen LogP contribution in [0.5, 0.6) is 0 Å². The van der Waals surface area contributed by atoms with E-state index in [1.807, 2.05) is 44.1 Å². The summed E-state index contributed by atoms with van der Waals surface area (Å²) in [5, 5.41) is 2.05. The van der Waals surface area contributed by atoms with Gasteiger partial charge in [0.15, 0.2) is 0 Å². The van der Waals surface area contributed by atoms with E-state index in [1.54, 1.807) is 11.3 Å². The molecular formula is C15H20N2OS. The predicted octanol–water partition coefficient (Wildman–Crippen LogP) is 3.27. The van der Waals surface area contributed by atoms with Crippen LogP contribution in [0.1, 0.15) is 24.4 Å². The van der Waals surface area contributed by atoms with Crippen molar-refractivity contribution in [3.8, 4) is 0 Å². The standard InChI is InChI=1S/C15H20N2OS/c1-12(2)15(18)17(11-14-7-5-9-19-14)10-13-6-4-8-16(13)3/h4-9,12H,10-11H2,1-3H3. The summed E-state index contributed by atoms with van der Waals surface area (Å²) >= 11 is 1.70. The first-order chi connectivity index (χ1) is 9.08. The lowest BCUT2D eigenvalue weighted by Crippen LogP contribution is -2.33. The van der Waals surface area contributed by atoms with E-state index in [9.17, 15) is 4.79 Å². The molecule has 19 heavy (non-hydrogen) atoms. The second kappa shape index (κ2) is 6.06. The van der Waals surface area contributed by atoms with Gasteiger partial charge in [0.25, 0.3) is 0 Å².